The second-order valence-electron chi connectivity index (χ2n) is 6.70. The van der Waals surface area contributed by atoms with Crippen molar-refractivity contribution >= 4 is 29.0 Å². The van der Waals surface area contributed by atoms with E-state index in [0.717, 1.165) is 0 Å². The van der Waals surface area contributed by atoms with Crippen LogP contribution in [0.25, 0.3) is 0 Å². The summed E-state index contributed by atoms with van der Waals surface area (Å²) in [6.45, 7) is 6.64. The van der Waals surface area contributed by atoms with E-state index in [-0.39, 0.29) is 24.0 Å². The van der Waals surface area contributed by atoms with Gasteiger partial charge in [-0.2, -0.15) is 0 Å². The lowest BCUT2D eigenvalue weighted by molar-refractivity contribution is -0.114. The molecule has 7 heteroatoms. The van der Waals surface area contributed by atoms with Crippen molar-refractivity contribution in [3.8, 4) is 0 Å². The fourth-order valence-corrected chi connectivity index (χ4v) is 2.15. The Bertz CT molecular complexity index is 804. The number of esters is 1. The molecule has 138 valence electrons. The number of Topliss-reactive ketones (excluding diaryl/α,β-unsaturated/α-hetero) is 1. The number of benzene rings is 1. The van der Waals surface area contributed by atoms with Crippen LogP contribution in [-0.4, -0.2) is 29.8 Å². The number of hydrogen-bond acceptors (Lipinski definition) is 6. The van der Waals surface area contributed by atoms with Crippen LogP contribution in [0.15, 0.2) is 41.0 Å². The minimum atomic E-state index is -0.629. The van der Waals surface area contributed by atoms with E-state index in [4.69, 9.17) is 9.15 Å². The number of amides is 1. The quantitative estimate of drug-likeness (QED) is 0.606. The summed E-state index contributed by atoms with van der Waals surface area (Å²) in [6.07, 6.45) is 1.42. The molecule has 1 aromatic carbocycles. The molecule has 0 unspecified atom stereocenters. The van der Waals surface area contributed by atoms with E-state index in [1.807, 2.05) is 0 Å². The van der Waals surface area contributed by atoms with E-state index in [9.17, 15) is 14.4 Å². The number of ketones is 1. The lowest BCUT2D eigenvalue weighted by Crippen LogP contribution is -2.24. The van der Waals surface area contributed by atoms with Crippen molar-refractivity contribution in [1.82, 2.24) is 0 Å². The molecule has 1 heterocycles. The molecular formula is C19H22N2O5. The SMILES string of the molecule is CC(=O)Nc1ccc(C(=O)OC(C)(C)C)cc1NCC(=O)c1ccco1. The summed E-state index contributed by atoms with van der Waals surface area (Å²) in [5, 5.41) is 5.59. The molecule has 26 heavy (non-hydrogen) atoms. The standard InChI is InChI=1S/C19H22N2O5/c1-12(22)21-14-8-7-13(18(24)26-19(2,3)4)10-15(14)20-11-16(23)17-6-5-9-25-17/h5-10,20H,11H2,1-4H3,(H,21,22). The van der Waals surface area contributed by atoms with Crippen LogP contribution in [0.2, 0.25) is 0 Å². The Morgan fingerprint density at radius 2 is 1.85 bits per heavy atom. The lowest BCUT2D eigenvalue weighted by Gasteiger charge is -2.20. The van der Waals surface area contributed by atoms with Crippen LogP contribution in [-0.2, 0) is 9.53 Å². The van der Waals surface area contributed by atoms with Gasteiger partial charge in [-0.15, -0.1) is 0 Å². The predicted octanol–water partition coefficient (Wildman–Crippen LogP) is 3.49. The van der Waals surface area contributed by atoms with Gasteiger partial charge in [0.05, 0.1) is 29.7 Å². The molecule has 0 bridgehead atoms. The first-order chi connectivity index (χ1) is 12.2. The topological polar surface area (TPSA) is 97.6 Å². The van der Waals surface area contributed by atoms with Crippen LogP contribution in [0.1, 0.15) is 48.6 Å². The van der Waals surface area contributed by atoms with E-state index in [1.54, 1.807) is 45.0 Å². The third-order valence-corrected chi connectivity index (χ3v) is 3.20. The molecule has 0 aliphatic heterocycles. The molecule has 2 aromatic rings. The molecule has 0 saturated carbocycles. The molecular weight excluding hydrogens is 336 g/mol. The number of nitrogens with one attached hydrogen (secondary N) is 2. The maximum Gasteiger partial charge on any atom is 0.338 e. The van der Waals surface area contributed by atoms with Crippen molar-refractivity contribution in [2.45, 2.75) is 33.3 Å². The van der Waals surface area contributed by atoms with Gasteiger partial charge in [-0.25, -0.2) is 4.79 Å². The summed E-state index contributed by atoms with van der Waals surface area (Å²) in [5.41, 5.74) is 0.568. The van der Waals surface area contributed by atoms with Crippen LogP contribution in [0, 0.1) is 0 Å². The highest BCUT2D eigenvalue weighted by molar-refractivity contribution is 5.99. The average molecular weight is 358 g/mol. The first-order valence-electron chi connectivity index (χ1n) is 8.11. The molecule has 0 fully saturated rings. The Hall–Kier alpha value is -3.09. The minimum absolute atomic E-state index is 0.0577. The van der Waals surface area contributed by atoms with Gasteiger partial charge < -0.3 is 19.8 Å². The van der Waals surface area contributed by atoms with Gasteiger partial charge in [0.2, 0.25) is 11.7 Å². The molecule has 0 aliphatic rings. The van der Waals surface area contributed by atoms with Crippen LogP contribution < -0.4 is 10.6 Å². The lowest BCUT2D eigenvalue weighted by atomic mass is 10.1. The summed E-state index contributed by atoms with van der Waals surface area (Å²) in [5.74, 6) is -0.795. The molecule has 0 saturated heterocycles. The Morgan fingerprint density at radius 1 is 1.12 bits per heavy atom. The van der Waals surface area contributed by atoms with Gasteiger partial charge >= 0.3 is 5.97 Å². The van der Waals surface area contributed by atoms with E-state index < -0.39 is 11.6 Å². The van der Waals surface area contributed by atoms with E-state index in [2.05, 4.69) is 10.6 Å². The number of carbonyl (C=O) groups excluding carboxylic acids is 3. The average Bonchev–Trinajstić information content (AvgIpc) is 3.05. The first kappa shape index (κ1) is 19.2. The monoisotopic (exact) mass is 358 g/mol. The zero-order valence-corrected chi connectivity index (χ0v) is 15.2. The molecule has 0 atom stereocenters. The third kappa shape index (κ3) is 5.47. The summed E-state index contributed by atoms with van der Waals surface area (Å²) >= 11 is 0. The van der Waals surface area contributed by atoms with Gasteiger partial charge in [-0.05, 0) is 51.1 Å². The summed E-state index contributed by atoms with van der Waals surface area (Å²) in [6, 6.07) is 7.86. The highest BCUT2D eigenvalue weighted by atomic mass is 16.6. The Morgan fingerprint density at radius 3 is 2.42 bits per heavy atom. The van der Waals surface area contributed by atoms with Crippen LogP contribution in [0.5, 0.6) is 0 Å². The molecule has 0 spiro atoms. The van der Waals surface area contributed by atoms with Crippen molar-refractivity contribution in [3.63, 3.8) is 0 Å². The third-order valence-electron chi connectivity index (χ3n) is 3.20. The van der Waals surface area contributed by atoms with Gasteiger partial charge in [0.1, 0.15) is 5.60 Å². The molecule has 7 nitrogen and oxygen atoms in total. The van der Waals surface area contributed by atoms with Crippen LogP contribution in [0.3, 0.4) is 0 Å². The normalized spacial score (nSPS) is 10.9. The largest absolute Gasteiger partial charge is 0.461 e. The van der Waals surface area contributed by atoms with Crippen LogP contribution >= 0.6 is 0 Å². The second kappa shape index (κ2) is 7.86. The van der Waals surface area contributed by atoms with Crippen LogP contribution in [0.4, 0.5) is 11.4 Å². The maximum atomic E-state index is 12.3. The molecule has 0 radical (unpaired) electrons. The smallest absolute Gasteiger partial charge is 0.338 e. The fourth-order valence-electron chi connectivity index (χ4n) is 2.15. The van der Waals surface area contributed by atoms with Gasteiger partial charge in [-0.1, -0.05) is 0 Å². The fraction of sp³-hybridized carbons (Fsp3) is 0.316. The summed E-state index contributed by atoms with van der Waals surface area (Å²) in [7, 11) is 0. The van der Waals surface area contributed by atoms with Gasteiger partial charge in [0.25, 0.3) is 0 Å². The summed E-state index contributed by atoms with van der Waals surface area (Å²) < 4.78 is 10.4. The number of rotatable bonds is 6. The maximum absolute atomic E-state index is 12.3. The first-order valence-corrected chi connectivity index (χ1v) is 8.11. The van der Waals surface area contributed by atoms with E-state index in [0.29, 0.717) is 16.9 Å². The van der Waals surface area contributed by atoms with Gasteiger partial charge in [-0.3, -0.25) is 9.59 Å². The minimum Gasteiger partial charge on any atom is -0.461 e. The van der Waals surface area contributed by atoms with Crippen molar-refractivity contribution in [3.05, 3.63) is 47.9 Å². The van der Waals surface area contributed by atoms with Crippen molar-refractivity contribution in [1.29, 1.82) is 0 Å². The highest BCUT2D eigenvalue weighted by Gasteiger charge is 2.19. The highest BCUT2D eigenvalue weighted by Crippen LogP contribution is 2.25. The molecule has 1 amide bonds. The Balaban J connectivity index is 2.21. The predicted molar refractivity (Wildman–Crippen MR) is 97.4 cm³/mol. The number of anilines is 2. The van der Waals surface area contributed by atoms with E-state index in [1.165, 1.54) is 19.3 Å². The van der Waals surface area contributed by atoms with Crippen molar-refractivity contribution < 1.29 is 23.5 Å². The number of hydrogen-bond donors (Lipinski definition) is 2. The zero-order chi connectivity index (χ0) is 19.3. The number of ether oxygens (including phenoxy) is 1. The molecule has 2 rings (SSSR count). The summed E-state index contributed by atoms with van der Waals surface area (Å²) in [4.78, 5) is 35.7. The molecule has 2 N–H and O–H groups in total. The zero-order valence-electron chi connectivity index (χ0n) is 15.2. The van der Waals surface area contributed by atoms with Gasteiger partial charge in [0, 0.05) is 6.92 Å². The Labute approximate surface area is 151 Å². The Kier molecular flexibility index (Phi) is 5.82. The van der Waals surface area contributed by atoms with Crippen molar-refractivity contribution in [2.75, 3.05) is 17.2 Å². The van der Waals surface area contributed by atoms with E-state index >= 15 is 0 Å². The van der Waals surface area contributed by atoms with Crippen molar-refractivity contribution in [2.24, 2.45) is 0 Å². The number of carbonyl (C=O) groups is 3. The number of furan rings is 1. The molecule has 1 aromatic heterocycles. The second-order valence-corrected chi connectivity index (χ2v) is 6.70. The molecule has 0 aliphatic carbocycles. The van der Waals surface area contributed by atoms with Gasteiger partial charge in [0.15, 0.2) is 5.76 Å².